The van der Waals surface area contributed by atoms with Crippen molar-refractivity contribution in [1.82, 2.24) is 4.90 Å². The third kappa shape index (κ3) is 11.7. The van der Waals surface area contributed by atoms with Gasteiger partial charge in [-0.05, 0) is 29.8 Å². The number of ether oxygens (including phenoxy) is 1. The third-order valence-electron chi connectivity index (χ3n) is 5.19. The molecule has 10 nitrogen and oxygen atoms in total. The fourth-order valence-corrected chi connectivity index (χ4v) is 3.76. The van der Waals surface area contributed by atoms with Gasteiger partial charge in [0, 0.05) is 58.5 Å². The van der Waals surface area contributed by atoms with Gasteiger partial charge >= 0.3 is 36.9 Å². The predicted molar refractivity (Wildman–Crippen MR) is 136 cm³/mol. The molecule has 0 atom stereocenters. The number of phenolic OH excluding ortho intramolecular Hbond substituents is 1. The molecule has 2 aromatic carbocycles. The molecule has 1 heterocycles. The summed E-state index contributed by atoms with van der Waals surface area (Å²) in [6, 6.07) is 13.3. The van der Waals surface area contributed by atoms with E-state index in [-0.39, 0.29) is 35.3 Å². The monoisotopic (exact) mass is 544 g/mol. The Kier molecular flexibility index (Phi) is 14.5. The number of piperazine rings is 1. The van der Waals surface area contributed by atoms with Gasteiger partial charge in [0.15, 0.2) is 0 Å². The van der Waals surface area contributed by atoms with Gasteiger partial charge in [-0.15, -0.1) is 0 Å². The summed E-state index contributed by atoms with van der Waals surface area (Å²) < 4.78 is 18.7. The van der Waals surface area contributed by atoms with Crippen LogP contribution in [0.2, 0.25) is 5.02 Å². The second-order valence-electron chi connectivity index (χ2n) is 7.97. The first-order valence-corrected chi connectivity index (χ1v) is 11.7. The van der Waals surface area contributed by atoms with Crippen molar-refractivity contribution >= 4 is 42.5 Å². The molecule has 0 bridgehead atoms. The first-order valence-electron chi connectivity index (χ1n) is 11.3. The Morgan fingerprint density at radius 3 is 1.95 bits per heavy atom. The fourth-order valence-electron chi connectivity index (χ4n) is 3.53. The summed E-state index contributed by atoms with van der Waals surface area (Å²) in [5, 5.41) is 10.1. The normalized spacial score (nSPS) is 13.0. The van der Waals surface area contributed by atoms with Crippen molar-refractivity contribution in [2.45, 2.75) is 27.3 Å². The van der Waals surface area contributed by atoms with E-state index in [0.29, 0.717) is 5.02 Å². The van der Waals surface area contributed by atoms with Gasteiger partial charge in [0.1, 0.15) is 11.5 Å². The molecule has 0 spiro atoms. The number of rotatable bonds is 7. The molecule has 1 saturated heterocycles. The van der Waals surface area contributed by atoms with E-state index in [2.05, 4.69) is 29.8 Å². The van der Waals surface area contributed by atoms with Crippen molar-refractivity contribution in [1.29, 1.82) is 0 Å². The minimum absolute atomic E-state index is 0. The van der Waals surface area contributed by atoms with Crippen molar-refractivity contribution in [2.24, 2.45) is 0 Å². The van der Waals surface area contributed by atoms with Gasteiger partial charge in [-0.25, -0.2) is 0 Å². The first kappa shape index (κ1) is 32.6. The number of hydrogen-bond acceptors (Lipinski definition) is 10. The average molecular weight is 545 g/mol. The molecule has 0 aromatic heterocycles. The Labute approximate surface area is 244 Å². The van der Waals surface area contributed by atoms with Crippen molar-refractivity contribution in [3.63, 3.8) is 0 Å². The van der Waals surface area contributed by atoms with E-state index >= 15 is 0 Å². The zero-order chi connectivity index (χ0) is 26.7. The smallest absolute Gasteiger partial charge is 0.625 e. The Morgan fingerprint density at radius 1 is 0.919 bits per heavy atom. The van der Waals surface area contributed by atoms with Crippen LogP contribution >= 0.6 is 11.6 Å². The second kappa shape index (κ2) is 16.4. The Bertz CT molecular complexity index is 1020. The fraction of sp³-hybridized carbons (Fsp3) is 0.375. The molecule has 0 aliphatic carbocycles. The molecule has 0 unspecified atom stereocenters. The number of phenols is 1. The van der Waals surface area contributed by atoms with Crippen molar-refractivity contribution in [3.05, 3.63) is 53.1 Å². The summed E-state index contributed by atoms with van der Waals surface area (Å²) in [4.78, 5) is 36.0. The van der Waals surface area contributed by atoms with Crippen molar-refractivity contribution in [2.75, 3.05) is 38.2 Å². The number of benzene rings is 2. The van der Waals surface area contributed by atoms with E-state index in [1.165, 1.54) is 0 Å². The number of methoxy groups -OCH3 is 1. The first-order chi connectivity index (χ1) is 17.1. The van der Waals surface area contributed by atoms with Crippen LogP contribution in [0.15, 0.2) is 42.5 Å². The topological polar surface area (TPSA) is 115 Å². The maximum atomic E-state index is 10.4. The predicted octanol–water partition coefficient (Wildman–Crippen LogP) is -0.227. The van der Waals surface area contributed by atoms with Crippen LogP contribution in [0.25, 0.3) is 0 Å². The van der Waals surface area contributed by atoms with Gasteiger partial charge in [-0.2, -0.15) is 0 Å². The molecule has 1 aliphatic rings. The SMILES string of the molecule is CC(=O)O[BH-](OC(C)=O)OC(C)=O.COc1ccccc1N1CCN(Cc2ccc(O)cc2Cl)CC1.[Na+]. The molecular weight excluding hydrogens is 514 g/mol. The molecule has 0 radical (unpaired) electrons. The molecule has 3 rings (SSSR count). The van der Waals surface area contributed by atoms with Crippen LogP contribution in [-0.2, 0) is 34.9 Å². The van der Waals surface area contributed by atoms with Gasteiger partial charge in [-0.1, -0.05) is 29.8 Å². The molecule has 1 fully saturated rings. The zero-order valence-corrected chi connectivity index (χ0v) is 24.6. The van der Waals surface area contributed by atoms with Crippen molar-refractivity contribution in [3.8, 4) is 11.5 Å². The Balaban J connectivity index is 0.000000423. The van der Waals surface area contributed by atoms with Crippen LogP contribution in [-0.4, -0.2) is 68.5 Å². The van der Waals surface area contributed by atoms with Gasteiger partial charge in [0.25, 0.3) is 17.9 Å². The molecule has 1 N–H and O–H groups in total. The van der Waals surface area contributed by atoms with Gasteiger partial charge in [-0.3, -0.25) is 19.3 Å². The number of carbonyl (C=O) groups excluding carboxylic acids is 3. The van der Waals surface area contributed by atoms with Crippen LogP contribution in [0.4, 0.5) is 5.69 Å². The average Bonchev–Trinajstić information content (AvgIpc) is 2.80. The summed E-state index contributed by atoms with van der Waals surface area (Å²) in [5.74, 6) is -0.908. The standard InChI is InChI=1S/C18H21ClN2O2.C6H10BO6.Na/c1-23-18-5-3-2-4-17(18)21-10-8-20(9-11-21)13-14-6-7-15(22)12-16(14)19;1-4(8)11-7(12-5(2)9)13-6(3)10;/h2-7,12,22H,8-11,13H2,1H3;7H,1-3H3;/q;-1;+1. The van der Waals surface area contributed by atoms with Crippen LogP contribution in [0.3, 0.4) is 0 Å². The maximum Gasteiger partial charge on any atom is 1.00 e. The van der Waals surface area contributed by atoms with Crippen LogP contribution in [0.5, 0.6) is 11.5 Å². The molecule has 13 heteroatoms. The largest absolute Gasteiger partial charge is 1.00 e. The summed E-state index contributed by atoms with van der Waals surface area (Å²) in [6.07, 6.45) is 0. The summed E-state index contributed by atoms with van der Waals surface area (Å²) in [5.41, 5.74) is 2.20. The minimum Gasteiger partial charge on any atom is -0.625 e. The number of anilines is 1. The van der Waals surface area contributed by atoms with Gasteiger partial charge in [0.05, 0.1) is 12.8 Å². The minimum atomic E-state index is -2.41. The number of carbonyl (C=O) groups is 3. The molecular formula is C24H31BClN2NaO8. The summed E-state index contributed by atoms with van der Waals surface area (Å²) in [6.45, 7) is 8.00. The quantitative estimate of drug-likeness (QED) is 0.469. The molecule has 2 aromatic rings. The van der Waals surface area contributed by atoms with Gasteiger partial charge in [0.2, 0.25) is 0 Å². The van der Waals surface area contributed by atoms with Crippen LogP contribution in [0.1, 0.15) is 26.3 Å². The zero-order valence-electron chi connectivity index (χ0n) is 21.9. The van der Waals surface area contributed by atoms with Crippen LogP contribution in [0, 0.1) is 0 Å². The molecule has 0 amide bonds. The maximum absolute atomic E-state index is 10.4. The molecule has 37 heavy (non-hydrogen) atoms. The second-order valence-corrected chi connectivity index (χ2v) is 8.38. The van der Waals surface area contributed by atoms with Crippen molar-refractivity contribution < 1.29 is 67.7 Å². The number of halogens is 1. The van der Waals surface area contributed by atoms with E-state index in [4.69, 9.17) is 16.3 Å². The van der Waals surface area contributed by atoms with E-state index in [1.54, 1.807) is 19.2 Å². The third-order valence-corrected chi connectivity index (χ3v) is 5.54. The molecule has 0 saturated carbocycles. The molecule has 196 valence electrons. The van der Waals surface area contributed by atoms with E-state index < -0.39 is 25.2 Å². The molecule has 1 aliphatic heterocycles. The van der Waals surface area contributed by atoms with E-state index in [1.807, 2.05) is 24.3 Å². The van der Waals surface area contributed by atoms with E-state index in [9.17, 15) is 19.5 Å². The van der Waals surface area contributed by atoms with Crippen LogP contribution < -0.4 is 39.2 Å². The number of nitrogens with zero attached hydrogens (tertiary/aromatic N) is 2. The number of hydrogen-bond donors (Lipinski definition) is 1. The number of para-hydroxylation sites is 2. The Morgan fingerprint density at radius 2 is 1.46 bits per heavy atom. The van der Waals surface area contributed by atoms with E-state index in [0.717, 1.165) is 70.5 Å². The summed E-state index contributed by atoms with van der Waals surface area (Å²) in [7, 11) is -0.700. The summed E-state index contributed by atoms with van der Waals surface area (Å²) >= 11 is 6.20. The number of aromatic hydroxyl groups is 1. The van der Waals surface area contributed by atoms with Gasteiger partial charge < -0.3 is 28.7 Å². The Hall–Kier alpha value is -2.44.